The minimum Gasteiger partial charge on any atom is -0.462 e. The third-order valence-corrected chi connectivity index (χ3v) is 14.9. The Balaban J connectivity index is 2.54. The topological polar surface area (TPSA) is 216 Å². The van der Waals surface area contributed by atoms with Crippen LogP contribution >= 0.6 is 0 Å². The van der Waals surface area contributed by atoms with Gasteiger partial charge in [0.25, 0.3) is 0 Å². The summed E-state index contributed by atoms with van der Waals surface area (Å²) < 4.78 is 27.8. The van der Waals surface area contributed by atoms with Crippen LogP contribution in [0.3, 0.4) is 0 Å². The zero-order valence-corrected chi connectivity index (χ0v) is 53.5. The molecule has 0 aliphatic heterocycles. The molecule has 0 spiro atoms. The lowest BCUT2D eigenvalue weighted by molar-refractivity contribution is -0.167. The molecule has 0 aliphatic rings. The van der Waals surface area contributed by atoms with Gasteiger partial charge < -0.3 is 39.0 Å². The van der Waals surface area contributed by atoms with Gasteiger partial charge >= 0.3 is 30.1 Å². The maximum Gasteiger partial charge on any atom is 0.411 e. The molecular formula is C70H118N2O13. The van der Waals surface area contributed by atoms with Gasteiger partial charge in [0, 0.05) is 37.1 Å². The van der Waals surface area contributed by atoms with Crippen molar-refractivity contribution >= 4 is 41.5 Å². The van der Waals surface area contributed by atoms with E-state index in [1.165, 1.54) is 44.6 Å². The number of hydrogen-bond acceptors (Lipinski definition) is 13. The number of carbonyl (C=O) groups is 5. The monoisotopic (exact) mass is 1190 g/mol. The van der Waals surface area contributed by atoms with E-state index in [0.29, 0.717) is 49.9 Å². The first-order valence-electron chi connectivity index (χ1n) is 33.5. The number of nitrogens with one attached hydrogen (secondary N) is 2. The van der Waals surface area contributed by atoms with Crippen molar-refractivity contribution in [1.29, 1.82) is 0 Å². The summed E-state index contributed by atoms with van der Waals surface area (Å²) in [7, 11) is 0. The molecule has 0 fully saturated rings. The van der Waals surface area contributed by atoms with E-state index < -0.39 is 24.3 Å². The first-order valence-corrected chi connectivity index (χ1v) is 33.5. The van der Waals surface area contributed by atoms with E-state index in [1.54, 1.807) is 24.3 Å². The molecule has 0 aromatic heterocycles. The van der Waals surface area contributed by atoms with Gasteiger partial charge in [0.15, 0.2) is 6.10 Å². The van der Waals surface area contributed by atoms with Gasteiger partial charge in [-0.05, 0) is 127 Å². The van der Waals surface area contributed by atoms with Crippen LogP contribution in [0.15, 0.2) is 66.8 Å². The molecular weight excluding hydrogens is 1080 g/mol. The number of hydrogen-bond donors (Lipinski definition) is 5. The van der Waals surface area contributed by atoms with Gasteiger partial charge in [-0.3, -0.25) is 25.0 Å². The number of anilines is 2. The summed E-state index contributed by atoms with van der Waals surface area (Å²) in [6.45, 7) is 7.91. The van der Waals surface area contributed by atoms with Crippen molar-refractivity contribution in [3.8, 4) is 0 Å². The third kappa shape index (κ3) is 49.8. The number of rotatable bonds is 56. The highest BCUT2D eigenvalue weighted by Crippen LogP contribution is 2.23. The number of aliphatic hydroxyl groups is 3. The van der Waals surface area contributed by atoms with Crippen molar-refractivity contribution in [1.82, 2.24) is 0 Å². The molecule has 4 atom stereocenters. The van der Waals surface area contributed by atoms with E-state index in [4.69, 9.17) is 28.8 Å². The molecule has 0 saturated carbocycles. The highest BCUT2D eigenvalue weighted by Gasteiger charge is 2.20. The summed E-state index contributed by atoms with van der Waals surface area (Å²) in [4.78, 5) is 63.9. The van der Waals surface area contributed by atoms with Crippen LogP contribution in [0.1, 0.15) is 277 Å². The van der Waals surface area contributed by atoms with Crippen LogP contribution in [0.25, 0.3) is 0 Å². The van der Waals surface area contributed by atoms with Gasteiger partial charge in [0.1, 0.15) is 25.9 Å². The molecule has 0 saturated heterocycles. The molecule has 0 bridgehead atoms. The number of aliphatic hydroxyl groups excluding tert-OH is 3. The van der Waals surface area contributed by atoms with E-state index >= 15 is 0 Å². The summed E-state index contributed by atoms with van der Waals surface area (Å²) in [5, 5.41) is 34.7. The first kappa shape index (κ1) is 78.0. The Morgan fingerprint density at radius 3 is 1.39 bits per heavy atom. The molecule has 85 heavy (non-hydrogen) atoms. The SMILES string of the molecule is CCCCCCC(O)C/C=C/CCCCCCCC(=O)OCC(COC(=O)CCCCCCC/C=C/CC(CCCCCC)OC(=O)Nc1ccc(C)c(NC(=O)OC/C=C/CO)c1)OC(=O)CCCCCCC/C=C/CC(O)CCCCCC. The second-order valence-electron chi connectivity index (χ2n) is 22.9. The number of benzene rings is 1. The second kappa shape index (κ2) is 56.8. The average molecular weight is 1200 g/mol. The van der Waals surface area contributed by atoms with Crippen molar-refractivity contribution in [3.05, 3.63) is 72.4 Å². The lowest BCUT2D eigenvalue weighted by Gasteiger charge is -2.18. The molecule has 2 amide bonds. The minimum absolute atomic E-state index is 0.0178. The van der Waals surface area contributed by atoms with Gasteiger partial charge in [0.2, 0.25) is 0 Å². The molecule has 0 radical (unpaired) electrons. The Hall–Kier alpha value is -4.99. The average Bonchev–Trinajstić information content (AvgIpc) is 3.61. The summed E-state index contributed by atoms with van der Waals surface area (Å²) in [5.41, 5.74) is 1.75. The van der Waals surface area contributed by atoms with Gasteiger partial charge in [0.05, 0.1) is 18.8 Å². The largest absolute Gasteiger partial charge is 0.462 e. The van der Waals surface area contributed by atoms with Gasteiger partial charge in [-0.2, -0.15) is 0 Å². The van der Waals surface area contributed by atoms with E-state index in [0.717, 1.165) is 160 Å². The summed E-state index contributed by atoms with van der Waals surface area (Å²) in [6, 6.07) is 5.18. The number of esters is 3. The maximum absolute atomic E-state index is 13.0. The van der Waals surface area contributed by atoms with Crippen LogP contribution < -0.4 is 10.6 Å². The Morgan fingerprint density at radius 1 is 0.447 bits per heavy atom. The lowest BCUT2D eigenvalue weighted by Crippen LogP contribution is -2.30. The highest BCUT2D eigenvalue weighted by atomic mass is 16.6. The third-order valence-electron chi connectivity index (χ3n) is 14.9. The van der Waals surface area contributed by atoms with Crippen LogP contribution in [0.5, 0.6) is 0 Å². The molecule has 15 heteroatoms. The molecule has 1 aromatic carbocycles. The quantitative estimate of drug-likeness (QED) is 0.0178. The number of ether oxygens (including phenoxy) is 5. The molecule has 1 rings (SSSR count). The number of carbonyl (C=O) groups excluding carboxylic acids is 5. The van der Waals surface area contributed by atoms with E-state index in [2.05, 4.69) is 67.9 Å². The standard InChI is InChI=1S/C70H118N2O13/c1-5-8-11-32-43-61(74)45-34-26-20-14-17-23-29-38-49-66(76)82-57-64(84-68(78)51-40-31-25-18-15-21-27-35-46-62(75)44-33-12-9-6-2)58-83-67(77)50-39-30-24-19-16-22-28-37-48-63(47-36-13-10-7-3)85-70(80)71-60-53-52-59(4)65(56-60)72-69(79)81-55-42-41-54-73/h26-28,34-35,37,41-42,52-53,56,61-64,73-75H,5-25,29-33,36,38-40,43-51,54-55,57-58H2,1-4H3,(H,71,80)(H,72,79)/b34-26+,35-27+,37-28+,42-41+. The number of aryl methyl sites for hydroxylation is 1. The Kier molecular flexibility index (Phi) is 52.1. The first-order chi connectivity index (χ1) is 41.4. The fraction of sp³-hybridized carbons (Fsp3) is 0.729. The zero-order valence-electron chi connectivity index (χ0n) is 53.5. The van der Waals surface area contributed by atoms with Crippen LogP contribution in [0.2, 0.25) is 0 Å². The van der Waals surface area contributed by atoms with Crippen LogP contribution in [-0.4, -0.2) is 96.3 Å². The molecule has 15 nitrogen and oxygen atoms in total. The zero-order chi connectivity index (χ0) is 62.1. The maximum atomic E-state index is 13.0. The lowest BCUT2D eigenvalue weighted by atomic mass is 10.1. The van der Waals surface area contributed by atoms with Crippen LogP contribution in [0, 0.1) is 6.92 Å². The van der Waals surface area contributed by atoms with Crippen molar-refractivity contribution in [3.63, 3.8) is 0 Å². The smallest absolute Gasteiger partial charge is 0.411 e. The Bertz CT molecular complexity index is 1950. The van der Waals surface area contributed by atoms with E-state index in [-0.39, 0.29) is 75.9 Å². The molecule has 4 unspecified atom stereocenters. The molecule has 0 heterocycles. The van der Waals surface area contributed by atoms with E-state index in [9.17, 15) is 34.2 Å². The number of unbranched alkanes of at least 4 members (excludes halogenated alkanes) is 24. The van der Waals surface area contributed by atoms with Crippen LogP contribution in [0.4, 0.5) is 21.0 Å². The second-order valence-corrected chi connectivity index (χ2v) is 22.9. The molecule has 5 N–H and O–H groups in total. The van der Waals surface area contributed by atoms with Gasteiger partial charge in [-0.25, -0.2) is 9.59 Å². The van der Waals surface area contributed by atoms with Gasteiger partial charge in [-0.1, -0.05) is 198 Å². The normalized spacial score (nSPS) is 13.1. The highest BCUT2D eigenvalue weighted by molar-refractivity contribution is 5.89. The van der Waals surface area contributed by atoms with E-state index in [1.807, 2.05) is 6.92 Å². The summed E-state index contributed by atoms with van der Waals surface area (Å²) in [6.07, 6.45) is 48.6. The van der Waals surface area contributed by atoms with Gasteiger partial charge in [-0.15, -0.1) is 0 Å². The number of amides is 2. The summed E-state index contributed by atoms with van der Waals surface area (Å²) in [5.74, 6) is -1.14. The van der Waals surface area contributed by atoms with Crippen molar-refractivity contribution in [2.45, 2.75) is 303 Å². The summed E-state index contributed by atoms with van der Waals surface area (Å²) >= 11 is 0. The van der Waals surface area contributed by atoms with Crippen molar-refractivity contribution < 1.29 is 63.0 Å². The molecule has 0 aliphatic carbocycles. The molecule has 486 valence electrons. The fourth-order valence-corrected chi connectivity index (χ4v) is 9.59. The minimum atomic E-state index is -0.881. The Labute approximate surface area is 514 Å². The number of allylic oxidation sites excluding steroid dienone is 3. The fourth-order valence-electron chi connectivity index (χ4n) is 9.59. The van der Waals surface area contributed by atoms with Crippen molar-refractivity contribution in [2.75, 3.05) is 37.1 Å². The predicted molar refractivity (Wildman–Crippen MR) is 345 cm³/mol. The predicted octanol–water partition coefficient (Wildman–Crippen LogP) is 17.7. The molecule has 1 aromatic rings. The Morgan fingerprint density at radius 2 is 0.894 bits per heavy atom. The van der Waals surface area contributed by atoms with Crippen molar-refractivity contribution in [2.24, 2.45) is 0 Å². The van der Waals surface area contributed by atoms with Crippen LogP contribution in [-0.2, 0) is 38.1 Å².